The molecule has 0 unspecified atom stereocenters. The van der Waals surface area contributed by atoms with Gasteiger partial charge in [-0.15, -0.1) is 11.6 Å². The Morgan fingerprint density at radius 3 is 2.59 bits per heavy atom. The molecule has 0 aliphatic carbocycles. The molecule has 0 spiro atoms. The van der Waals surface area contributed by atoms with Crippen molar-refractivity contribution in [3.63, 3.8) is 0 Å². The maximum Gasteiger partial charge on any atom is 0.412 e. The van der Waals surface area contributed by atoms with Crippen molar-refractivity contribution in [1.29, 1.82) is 0 Å². The normalized spacial score (nSPS) is 16.9. The van der Waals surface area contributed by atoms with Crippen LogP contribution in [0.2, 0.25) is 0 Å². The topological polar surface area (TPSA) is 20.3 Å². The molecule has 0 N–H and O–H groups in total. The number of hydrogen-bond acceptors (Lipinski definition) is 1. The first kappa shape index (κ1) is 14.4. The van der Waals surface area contributed by atoms with E-state index in [1.165, 1.54) is 4.90 Å². The van der Waals surface area contributed by atoms with Crippen LogP contribution in [0.1, 0.15) is 25.7 Å². The van der Waals surface area contributed by atoms with Crippen molar-refractivity contribution in [2.24, 2.45) is 0 Å². The van der Waals surface area contributed by atoms with Crippen molar-refractivity contribution in [3.8, 4) is 0 Å². The molecule has 0 saturated heterocycles. The van der Waals surface area contributed by atoms with Crippen molar-refractivity contribution in [2.75, 3.05) is 19.0 Å². The third-order valence-electron chi connectivity index (χ3n) is 2.70. The highest BCUT2D eigenvalue weighted by atomic mass is 35.5. The van der Waals surface area contributed by atoms with E-state index in [1.54, 1.807) is 0 Å². The standard InChI is InChI=1S/C11H15ClF3NO/c12-6-2-1-3-10(17)16-7-4-9(5-8-16)11(13,14)15/h4H,1-3,5-8H2. The molecule has 98 valence electrons. The molecule has 0 atom stereocenters. The average molecular weight is 270 g/mol. The quantitative estimate of drug-likeness (QED) is 0.436. The highest BCUT2D eigenvalue weighted by Crippen LogP contribution is 2.30. The SMILES string of the molecule is O=C(CCCCCl)N1CC=C(C(F)(F)F)CC1. The molecule has 1 aliphatic rings. The number of hydrogen-bond donors (Lipinski definition) is 0. The van der Waals surface area contributed by atoms with Gasteiger partial charge in [-0.3, -0.25) is 4.79 Å². The molecule has 0 aromatic carbocycles. The monoisotopic (exact) mass is 269 g/mol. The Labute approximate surface area is 103 Å². The van der Waals surface area contributed by atoms with Crippen LogP contribution in [-0.4, -0.2) is 36.0 Å². The molecular weight excluding hydrogens is 255 g/mol. The Morgan fingerprint density at radius 1 is 1.41 bits per heavy atom. The predicted molar refractivity (Wildman–Crippen MR) is 59.9 cm³/mol. The van der Waals surface area contributed by atoms with Crippen LogP contribution < -0.4 is 0 Å². The van der Waals surface area contributed by atoms with Crippen LogP contribution in [0, 0.1) is 0 Å². The lowest BCUT2D eigenvalue weighted by Crippen LogP contribution is -2.36. The van der Waals surface area contributed by atoms with Gasteiger partial charge in [0.15, 0.2) is 0 Å². The van der Waals surface area contributed by atoms with Crippen molar-refractivity contribution in [3.05, 3.63) is 11.6 Å². The smallest absolute Gasteiger partial charge is 0.339 e. The largest absolute Gasteiger partial charge is 0.412 e. The molecule has 17 heavy (non-hydrogen) atoms. The Bertz CT molecular complexity index is 302. The summed E-state index contributed by atoms with van der Waals surface area (Å²) in [6, 6.07) is 0. The second kappa shape index (κ2) is 6.28. The number of carbonyl (C=O) groups excluding carboxylic acids is 1. The van der Waals surface area contributed by atoms with Crippen molar-refractivity contribution in [1.82, 2.24) is 4.90 Å². The molecule has 2 nitrogen and oxygen atoms in total. The van der Waals surface area contributed by atoms with Gasteiger partial charge in [-0.1, -0.05) is 6.08 Å². The number of nitrogens with zero attached hydrogens (tertiary/aromatic N) is 1. The summed E-state index contributed by atoms with van der Waals surface area (Å²) in [5.74, 6) is 0.415. The second-order valence-electron chi connectivity index (χ2n) is 3.96. The van der Waals surface area contributed by atoms with Gasteiger partial charge in [0, 0.05) is 31.0 Å². The highest BCUT2D eigenvalue weighted by molar-refractivity contribution is 6.17. The zero-order valence-corrected chi connectivity index (χ0v) is 10.2. The van der Waals surface area contributed by atoms with E-state index in [4.69, 9.17) is 11.6 Å². The maximum absolute atomic E-state index is 12.3. The van der Waals surface area contributed by atoms with E-state index >= 15 is 0 Å². The van der Waals surface area contributed by atoms with Crippen molar-refractivity contribution >= 4 is 17.5 Å². The van der Waals surface area contributed by atoms with E-state index in [0.29, 0.717) is 18.7 Å². The van der Waals surface area contributed by atoms with E-state index < -0.39 is 11.7 Å². The maximum atomic E-state index is 12.3. The summed E-state index contributed by atoms with van der Waals surface area (Å²) in [5, 5.41) is 0. The van der Waals surface area contributed by atoms with E-state index in [-0.39, 0.29) is 25.4 Å². The molecular formula is C11H15ClF3NO. The van der Waals surface area contributed by atoms with Crippen LogP contribution in [0.25, 0.3) is 0 Å². The van der Waals surface area contributed by atoms with Crippen LogP contribution >= 0.6 is 11.6 Å². The number of unbranched alkanes of at least 4 members (excludes halogenated alkanes) is 1. The Kier molecular flexibility index (Phi) is 5.31. The van der Waals surface area contributed by atoms with Gasteiger partial charge in [0.2, 0.25) is 5.91 Å². The van der Waals surface area contributed by atoms with E-state index in [1.807, 2.05) is 0 Å². The molecule has 1 aliphatic heterocycles. The first-order chi connectivity index (χ1) is 7.95. The second-order valence-corrected chi connectivity index (χ2v) is 4.34. The molecule has 0 saturated carbocycles. The summed E-state index contributed by atoms with van der Waals surface area (Å²) in [6.45, 7) is 0.222. The third-order valence-corrected chi connectivity index (χ3v) is 2.97. The van der Waals surface area contributed by atoms with E-state index in [9.17, 15) is 18.0 Å². The third kappa shape index (κ3) is 4.58. The van der Waals surface area contributed by atoms with Gasteiger partial charge in [0.1, 0.15) is 0 Å². The lowest BCUT2D eigenvalue weighted by Gasteiger charge is -2.27. The Balaban J connectivity index is 2.41. The van der Waals surface area contributed by atoms with E-state index in [0.717, 1.165) is 12.5 Å². The van der Waals surface area contributed by atoms with Crippen LogP contribution in [0.4, 0.5) is 13.2 Å². The van der Waals surface area contributed by atoms with Gasteiger partial charge in [0.05, 0.1) is 0 Å². The molecule has 1 heterocycles. The van der Waals surface area contributed by atoms with Gasteiger partial charge < -0.3 is 4.90 Å². The van der Waals surface area contributed by atoms with Crippen molar-refractivity contribution < 1.29 is 18.0 Å². The number of carbonyl (C=O) groups is 1. The van der Waals surface area contributed by atoms with Gasteiger partial charge in [-0.25, -0.2) is 0 Å². The first-order valence-electron chi connectivity index (χ1n) is 5.55. The van der Waals surface area contributed by atoms with Crippen LogP contribution in [0.3, 0.4) is 0 Å². The summed E-state index contributed by atoms with van der Waals surface area (Å²) in [5.41, 5.74) is -0.526. The van der Waals surface area contributed by atoms with Gasteiger partial charge in [-0.2, -0.15) is 13.2 Å². The van der Waals surface area contributed by atoms with Gasteiger partial charge in [0.25, 0.3) is 0 Å². The molecule has 0 aromatic rings. The van der Waals surface area contributed by atoms with Crippen molar-refractivity contribution in [2.45, 2.75) is 31.9 Å². The predicted octanol–water partition coefficient (Wildman–Crippen LogP) is 3.12. The molecule has 0 fully saturated rings. The lowest BCUT2D eigenvalue weighted by atomic mass is 10.1. The minimum absolute atomic E-state index is 0.0640. The highest BCUT2D eigenvalue weighted by Gasteiger charge is 2.35. The van der Waals surface area contributed by atoms with Crippen LogP contribution in [-0.2, 0) is 4.79 Å². The molecule has 0 radical (unpaired) electrons. The lowest BCUT2D eigenvalue weighted by molar-refractivity contribution is -0.132. The Morgan fingerprint density at radius 2 is 2.12 bits per heavy atom. The number of alkyl halides is 4. The zero-order valence-electron chi connectivity index (χ0n) is 9.39. The number of amides is 1. The Hall–Kier alpha value is -0.710. The fraction of sp³-hybridized carbons (Fsp3) is 0.727. The molecule has 0 aromatic heterocycles. The fourth-order valence-electron chi connectivity index (χ4n) is 1.68. The van der Waals surface area contributed by atoms with Gasteiger partial charge >= 0.3 is 6.18 Å². The molecule has 6 heteroatoms. The van der Waals surface area contributed by atoms with Gasteiger partial charge in [-0.05, 0) is 19.3 Å². The number of halogens is 4. The summed E-state index contributed by atoms with van der Waals surface area (Å²) in [6.07, 6.45) is -1.46. The minimum atomic E-state index is -4.26. The first-order valence-corrected chi connectivity index (χ1v) is 6.08. The van der Waals surface area contributed by atoms with E-state index in [2.05, 4.69) is 0 Å². The van der Waals surface area contributed by atoms with Crippen LogP contribution in [0.5, 0.6) is 0 Å². The zero-order chi connectivity index (χ0) is 12.9. The summed E-state index contributed by atoms with van der Waals surface area (Å²) in [4.78, 5) is 13.1. The molecule has 0 bridgehead atoms. The molecule has 1 amide bonds. The summed E-state index contributed by atoms with van der Waals surface area (Å²) < 4.78 is 37.0. The minimum Gasteiger partial charge on any atom is -0.339 e. The summed E-state index contributed by atoms with van der Waals surface area (Å²) >= 11 is 5.48. The molecule has 1 rings (SSSR count). The fourth-order valence-corrected chi connectivity index (χ4v) is 1.87. The average Bonchev–Trinajstić information content (AvgIpc) is 2.28. The summed E-state index contributed by atoms with van der Waals surface area (Å²) in [7, 11) is 0. The number of rotatable bonds is 4. The van der Waals surface area contributed by atoms with Crippen LogP contribution in [0.15, 0.2) is 11.6 Å².